The number of halogens is 1. The molecular weight excluding hydrogens is 272 g/mol. The van der Waals surface area contributed by atoms with Crippen LogP contribution in [0.4, 0.5) is 0 Å². The van der Waals surface area contributed by atoms with Crippen molar-refractivity contribution in [1.29, 1.82) is 0 Å². The molecule has 0 fully saturated rings. The monoisotopic (exact) mass is 280 g/mol. The number of ketones is 1. The minimum Gasteiger partial charge on any atom is -0.285 e. The average Bonchev–Trinajstić information content (AvgIpc) is 2.58. The zero-order valence-corrected chi connectivity index (χ0v) is 10.4. The molecule has 2 rings (SSSR count). The van der Waals surface area contributed by atoms with Crippen molar-refractivity contribution >= 4 is 21.7 Å². The summed E-state index contributed by atoms with van der Waals surface area (Å²) in [5.41, 5.74) is 1.66. The quantitative estimate of drug-likeness (QED) is 0.783. The predicted molar refractivity (Wildman–Crippen MR) is 61.1 cm³/mol. The second-order valence-electron chi connectivity index (χ2n) is 3.35. The van der Waals surface area contributed by atoms with Crippen molar-refractivity contribution in [3.05, 3.63) is 39.9 Å². The van der Waals surface area contributed by atoms with E-state index in [9.17, 15) is 4.79 Å². The highest BCUT2D eigenvalue weighted by Gasteiger charge is 2.20. The Morgan fingerprint density at radius 3 is 2.81 bits per heavy atom. The molecule has 0 saturated heterocycles. The zero-order chi connectivity index (χ0) is 11.7. The van der Waals surface area contributed by atoms with Crippen LogP contribution >= 0.6 is 15.9 Å². The normalized spacial score (nSPS) is 10.4. The van der Waals surface area contributed by atoms with E-state index in [0.717, 1.165) is 5.56 Å². The number of rotatable bonds is 2. The number of hydrogen-bond acceptors (Lipinski definition) is 4. The van der Waals surface area contributed by atoms with Gasteiger partial charge in [-0.2, -0.15) is 0 Å². The Labute approximate surface area is 101 Å². The third kappa shape index (κ3) is 1.76. The van der Waals surface area contributed by atoms with Gasteiger partial charge in [-0.05, 0) is 34.5 Å². The fourth-order valence-electron chi connectivity index (χ4n) is 1.41. The molecule has 0 amide bonds. The van der Waals surface area contributed by atoms with E-state index in [2.05, 4.69) is 31.2 Å². The number of aryl methyl sites for hydroxylation is 2. The summed E-state index contributed by atoms with van der Waals surface area (Å²) in [6.45, 7) is 1.85. The molecule has 16 heavy (non-hydrogen) atoms. The van der Waals surface area contributed by atoms with Gasteiger partial charge in [0.15, 0.2) is 4.60 Å². The van der Waals surface area contributed by atoms with Crippen LogP contribution in [0, 0.1) is 6.92 Å². The van der Waals surface area contributed by atoms with Gasteiger partial charge in [-0.1, -0.05) is 11.3 Å². The van der Waals surface area contributed by atoms with Gasteiger partial charge in [0.2, 0.25) is 5.78 Å². The molecule has 0 aliphatic heterocycles. The Balaban J connectivity index is 2.52. The second-order valence-corrected chi connectivity index (χ2v) is 4.10. The largest absolute Gasteiger partial charge is 0.285 e. The maximum Gasteiger partial charge on any atom is 0.232 e. The van der Waals surface area contributed by atoms with Crippen molar-refractivity contribution in [2.24, 2.45) is 7.05 Å². The molecule has 0 aliphatic rings. The van der Waals surface area contributed by atoms with E-state index in [1.807, 2.05) is 13.0 Å². The smallest absolute Gasteiger partial charge is 0.232 e. The van der Waals surface area contributed by atoms with Crippen molar-refractivity contribution < 1.29 is 4.79 Å². The molecule has 0 saturated carbocycles. The first-order valence-electron chi connectivity index (χ1n) is 4.62. The van der Waals surface area contributed by atoms with Crippen LogP contribution in [0.3, 0.4) is 0 Å². The van der Waals surface area contributed by atoms with E-state index in [-0.39, 0.29) is 5.78 Å². The van der Waals surface area contributed by atoms with Crippen LogP contribution in [0.15, 0.2) is 22.9 Å². The maximum absolute atomic E-state index is 12.2. The van der Waals surface area contributed by atoms with E-state index in [1.54, 1.807) is 19.3 Å². The van der Waals surface area contributed by atoms with Crippen molar-refractivity contribution in [3.8, 4) is 0 Å². The lowest BCUT2D eigenvalue weighted by Gasteiger charge is -2.03. The van der Waals surface area contributed by atoms with Crippen LogP contribution in [0.25, 0.3) is 0 Å². The Morgan fingerprint density at radius 1 is 1.50 bits per heavy atom. The lowest BCUT2D eigenvalue weighted by Crippen LogP contribution is -2.11. The third-order valence-electron chi connectivity index (χ3n) is 2.23. The second kappa shape index (κ2) is 4.13. The van der Waals surface area contributed by atoms with Crippen LogP contribution in [0.1, 0.15) is 21.7 Å². The van der Waals surface area contributed by atoms with Gasteiger partial charge in [-0.15, -0.1) is 5.10 Å². The first kappa shape index (κ1) is 10.9. The molecule has 0 spiro atoms. The van der Waals surface area contributed by atoms with Crippen LogP contribution < -0.4 is 0 Å². The van der Waals surface area contributed by atoms with Crippen molar-refractivity contribution in [2.75, 3.05) is 0 Å². The first-order chi connectivity index (χ1) is 7.61. The molecule has 0 aliphatic carbocycles. The summed E-state index contributed by atoms with van der Waals surface area (Å²) < 4.78 is 1.87. The number of pyridine rings is 1. The number of carbonyl (C=O) groups excluding carboxylic acids is 1. The Kier molecular flexibility index (Phi) is 2.82. The lowest BCUT2D eigenvalue weighted by molar-refractivity contribution is 0.102. The molecule has 0 N–H and O–H groups in total. The molecule has 82 valence electrons. The summed E-state index contributed by atoms with van der Waals surface area (Å²) in [7, 11) is 1.67. The van der Waals surface area contributed by atoms with E-state index >= 15 is 0 Å². The molecule has 2 heterocycles. The molecule has 0 bridgehead atoms. The summed E-state index contributed by atoms with van der Waals surface area (Å²) in [4.78, 5) is 16.3. The number of hydrogen-bond donors (Lipinski definition) is 0. The molecule has 0 atom stereocenters. The zero-order valence-electron chi connectivity index (χ0n) is 8.81. The number of nitrogens with zero attached hydrogens (tertiary/aromatic N) is 4. The molecule has 5 nitrogen and oxygen atoms in total. The summed E-state index contributed by atoms with van der Waals surface area (Å²) in [6, 6.07) is 3.64. The summed E-state index contributed by atoms with van der Waals surface area (Å²) in [5, 5.41) is 7.54. The van der Waals surface area contributed by atoms with Gasteiger partial charge in [0.05, 0.1) is 0 Å². The van der Waals surface area contributed by atoms with Gasteiger partial charge in [-0.25, -0.2) is 4.68 Å². The molecule has 0 unspecified atom stereocenters. The SMILES string of the molecule is Cc1cccnc1C(=O)c1c(Br)nnn1C. The van der Waals surface area contributed by atoms with Crippen molar-refractivity contribution in [3.63, 3.8) is 0 Å². The van der Waals surface area contributed by atoms with Gasteiger partial charge in [0.25, 0.3) is 0 Å². The average molecular weight is 281 g/mol. The van der Waals surface area contributed by atoms with E-state index in [4.69, 9.17) is 0 Å². The Morgan fingerprint density at radius 2 is 2.25 bits per heavy atom. The third-order valence-corrected chi connectivity index (χ3v) is 2.76. The van der Waals surface area contributed by atoms with Gasteiger partial charge in [-0.3, -0.25) is 9.78 Å². The lowest BCUT2D eigenvalue weighted by atomic mass is 10.1. The maximum atomic E-state index is 12.2. The minimum atomic E-state index is -0.183. The van der Waals surface area contributed by atoms with E-state index in [0.29, 0.717) is 16.0 Å². The summed E-state index contributed by atoms with van der Waals surface area (Å²) >= 11 is 3.20. The van der Waals surface area contributed by atoms with Gasteiger partial charge in [0.1, 0.15) is 11.4 Å². The predicted octanol–water partition coefficient (Wildman–Crippen LogP) is 1.51. The van der Waals surface area contributed by atoms with Gasteiger partial charge < -0.3 is 0 Å². The van der Waals surface area contributed by atoms with Gasteiger partial charge in [0, 0.05) is 13.2 Å². The van der Waals surface area contributed by atoms with Crippen LogP contribution in [0.2, 0.25) is 0 Å². The fourth-order valence-corrected chi connectivity index (χ4v) is 1.92. The molecular formula is C10H9BrN4O. The van der Waals surface area contributed by atoms with Crippen LogP contribution in [-0.2, 0) is 7.05 Å². The minimum absolute atomic E-state index is 0.183. The van der Waals surface area contributed by atoms with E-state index in [1.165, 1.54) is 4.68 Å². The highest BCUT2D eigenvalue weighted by Crippen LogP contribution is 2.17. The first-order valence-corrected chi connectivity index (χ1v) is 5.42. The van der Waals surface area contributed by atoms with E-state index < -0.39 is 0 Å². The topological polar surface area (TPSA) is 60.7 Å². The Bertz CT molecular complexity index is 530. The number of aromatic nitrogens is 4. The molecule has 6 heteroatoms. The molecule has 2 aromatic rings. The van der Waals surface area contributed by atoms with Crippen LogP contribution in [-0.4, -0.2) is 25.8 Å². The van der Waals surface area contributed by atoms with Gasteiger partial charge >= 0.3 is 0 Å². The highest BCUT2D eigenvalue weighted by molar-refractivity contribution is 9.10. The highest BCUT2D eigenvalue weighted by atomic mass is 79.9. The molecule has 2 aromatic heterocycles. The molecule has 0 radical (unpaired) electrons. The van der Waals surface area contributed by atoms with Crippen molar-refractivity contribution in [2.45, 2.75) is 6.92 Å². The summed E-state index contributed by atoms with van der Waals surface area (Å²) in [5.74, 6) is -0.183. The standard InChI is InChI=1S/C10H9BrN4O/c1-6-4-3-5-12-7(6)9(16)8-10(11)13-14-15(8)2/h3-5H,1-2H3. The Hall–Kier alpha value is -1.56. The fraction of sp³-hybridized carbons (Fsp3) is 0.200. The van der Waals surface area contributed by atoms with Crippen LogP contribution in [0.5, 0.6) is 0 Å². The number of carbonyl (C=O) groups is 1. The molecule has 0 aromatic carbocycles. The summed E-state index contributed by atoms with van der Waals surface area (Å²) in [6.07, 6.45) is 1.60. The van der Waals surface area contributed by atoms with Crippen molar-refractivity contribution in [1.82, 2.24) is 20.0 Å².